The van der Waals surface area contributed by atoms with E-state index >= 15 is 0 Å². The molecular formula is C12H15F2NO2S. The molecule has 0 bridgehead atoms. The molecule has 6 heteroatoms. The van der Waals surface area contributed by atoms with Gasteiger partial charge in [-0.05, 0) is 19.1 Å². The molecule has 1 aliphatic heterocycles. The van der Waals surface area contributed by atoms with Crippen molar-refractivity contribution in [2.45, 2.75) is 30.6 Å². The zero-order valence-electron chi connectivity index (χ0n) is 10.1. The van der Waals surface area contributed by atoms with E-state index in [9.17, 15) is 17.2 Å². The summed E-state index contributed by atoms with van der Waals surface area (Å²) < 4.78 is 51.5. The van der Waals surface area contributed by atoms with Crippen molar-refractivity contribution in [1.82, 2.24) is 4.31 Å². The Morgan fingerprint density at radius 2 is 1.61 bits per heavy atom. The quantitative estimate of drug-likeness (QED) is 0.831. The van der Waals surface area contributed by atoms with Crippen LogP contribution in [-0.4, -0.2) is 31.7 Å². The minimum atomic E-state index is -3.63. The molecule has 0 unspecified atom stereocenters. The first-order valence-corrected chi connectivity index (χ1v) is 7.20. The normalized spacial score (nSPS) is 20.8. The lowest BCUT2D eigenvalue weighted by molar-refractivity contribution is -0.0412. The summed E-state index contributed by atoms with van der Waals surface area (Å²) in [6, 6.07) is 6.42. The number of hydrogen-bond donors (Lipinski definition) is 0. The van der Waals surface area contributed by atoms with Crippen molar-refractivity contribution in [3.8, 4) is 0 Å². The predicted octanol–water partition coefficient (Wildman–Crippen LogP) is 2.41. The van der Waals surface area contributed by atoms with Gasteiger partial charge in [-0.25, -0.2) is 17.2 Å². The third kappa shape index (κ3) is 2.70. The highest BCUT2D eigenvalue weighted by Crippen LogP contribution is 2.30. The molecule has 0 aliphatic carbocycles. The summed E-state index contributed by atoms with van der Waals surface area (Å²) in [7, 11) is -3.63. The molecule has 1 aromatic carbocycles. The lowest BCUT2D eigenvalue weighted by Gasteiger charge is -2.30. The number of hydrogen-bond acceptors (Lipinski definition) is 2. The molecule has 2 rings (SSSR count). The maximum Gasteiger partial charge on any atom is 0.250 e. The van der Waals surface area contributed by atoms with Crippen molar-refractivity contribution in [2.24, 2.45) is 0 Å². The molecule has 0 atom stereocenters. The Hall–Kier alpha value is -1.01. The maximum absolute atomic E-state index is 13.0. The van der Waals surface area contributed by atoms with Gasteiger partial charge in [0, 0.05) is 25.9 Å². The molecular weight excluding hydrogens is 260 g/mol. The van der Waals surface area contributed by atoms with E-state index in [1.54, 1.807) is 12.1 Å². The minimum absolute atomic E-state index is 0.122. The first kappa shape index (κ1) is 13.4. The Labute approximate surface area is 105 Å². The van der Waals surface area contributed by atoms with Crippen molar-refractivity contribution in [3.63, 3.8) is 0 Å². The first-order chi connectivity index (χ1) is 8.31. The number of rotatable bonds is 2. The highest BCUT2D eigenvalue weighted by molar-refractivity contribution is 7.89. The average Bonchev–Trinajstić information content (AvgIpc) is 2.29. The maximum atomic E-state index is 13.0. The van der Waals surface area contributed by atoms with Gasteiger partial charge in [-0.3, -0.25) is 0 Å². The number of aryl methyl sites for hydroxylation is 1. The molecule has 0 N–H and O–H groups in total. The van der Waals surface area contributed by atoms with Crippen LogP contribution in [0, 0.1) is 6.92 Å². The van der Waals surface area contributed by atoms with Gasteiger partial charge in [0.1, 0.15) is 0 Å². The van der Waals surface area contributed by atoms with Crippen molar-refractivity contribution >= 4 is 10.0 Å². The summed E-state index contributed by atoms with van der Waals surface area (Å²) in [5.41, 5.74) is 0.958. The second-order valence-electron chi connectivity index (χ2n) is 4.57. The fourth-order valence-electron chi connectivity index (χ4n) is 1.91. The standard InChI is InChI=1S/C12H15F2NO2S/c1-10-2-4-11(5-3-10)18(16,17)15-8-6-12(13,14)7-9-15/h2-5H,6-9H2,1H3. The van der Waals surface area contributed by atoms with Crippen LogP contribution in [0.1, 0.15) is 18.4 Å². The van der Waals surface area contributed by atoms with Gasteiger partial charge in [-0.15, -0.1) is 0 Å². The zero-order chi connectivity index (χ0) is 13.4. The van der Waals surface area contributed by atoms with Gasteiger partial charge in [0.2, 0.25) is 10.0 Å². The summed E-state index contributed by atoms with van der Waals surface area (Å²) in [4.78, 5) is 0.165. The number of piperidine rings is 1. The number of halogens is 2. The Kier molecular flexibility index (Phi) is 3.42. The highest BCUT2D eigenvalue weighted by atomic mass is 32.2. The van der Waals surface area contributed by atoms with Crippen molar-refractivity contribution in [2.75, 3.05) is 13.1 Å². The van der Waals surface area contributed by atoms with Crippen LogP contribution in [0.2, 0.25) is 0 Å². The van der Waals surface area contributed by atoms with Gasteiger partial charge >= 0.3 is 0 Å². The van der Waals surface area contributed by atoms with E-state index in [1.807, 2.05) is 6.92 Å². The summed E-state index contributed by atoms with van der Waals surface area (Å²) in [6.45, 7) is 1.62. The molecule has 0 spiro atoms. The van der Waals surface area contributed by atoms with Crippen LogP contribution >= 0.6 is 0 Å². The van der Waals surface area contributed by atoms with Crippen LogP contribution in [0.25, 0.3) is 0 Å². The number of benzene rings is 1. The number of alkyl halides is 2. The molecule has 18 heavy (non-hydrogen) atoms. The fraction of sp³-hybridized carbons (Fsp3) is 0.500. The second-order valence-corrected chi connectivity index (χ2v) is 6.51. The van der Waals surface area contributed by atoms with Gasteiger partial charge in [-0.2, -0.15) is 4.31 Å². The van der Waals surface area contributed by atoms with E-state index in [2.05, 4.69) is 0 Å². The number of sulfonamides is 1. The van der Waals surface area contributed by atoms with Gasteiger partial charge < -0.3 is 0 Å². The summed E-state index contributed by atoms with van der Waals surface area (Å²) in [6.07, 6.45) is -0.809. The summed E-state index contributed by atoms with van der Waals surface area (Å²) in [5.74, 6) is -2.74. The van der Waals surface area contributed by atoms with Crippen LogP contribution in [-0.2, 0) is 10.0 Å². The van der Waals surface area contributed by atoms with E-state index in [0.29, 0.717) is 0 Å². The third-order valence-corrected chi connectivity index (χ3v) is 5.03. The van der Waals surface area contributed by atoms with Crippen LogP contribution in [0.5, 0.6) is 0 Å². The van der Waals surface area contributed by atoms with E-state index in [1.165, 1.54) is 12.1 Å². The van der Waals surface area contributed by atoms with E-state index in [0.717, 1.165) is 9.87 Å². The molecule has 1 aliphatic rings. The Balaban J connectivity index is 2.20. The van der Waals surface area contributed by atoms with Crippen LogP contribution < -0.4 is 0 Å². The average molecular weight is 275 g/mol. The molecule has 0 amide bonds. The zero-order valence-corrected chi connectivity index (χ0v) is 10.9. The molecule has 1 heterocycles. The molecule has 1 aromatic rings. The van der Waals surface area contributed by atoms with Crippen LogP contribution in [0.4, 0.5) is 8.78 Å². The lowest BCUT2D eigenvalue weighted by atomic mass is 10.1. The molecule has 0 radical (unpaired) electrons. The first-order valence-electron chi connectivity index (χ1n) is 5.76. The van der Waals surface area contributed by atoms with E-state index in [-0.39, 0.29) is 18.0 Å². The van der Waals surface area contributed by atoms with Crippen LogP contribution in [0.3, 0.4) is 0 Å². The fourth-order valence-corrected chi connectivity index (χ4v) is 3.35. The van der Waals surface area contributed by atoms with Gasteiger partial charge in [0.05, 0.1) is 4.90 Å². The van der Waals surface area contributed by atoms with Crippen molar-refractivity contribution < 1.29 is 17.2 Å². The largest absolute Gasteiger partial charge is 0.250 e. The van der Waals surface area contributed by atoms with Gasteiger partial charge in [0.15, 0.2) is 0 Å². The van der Waals surface area contributed by atoms with Crippen molar-refractivity contribution in [3.05, 3.63) is 29.8 Å². The van der Waals surface area contributed by atoms with Gasteiger partial charge in [-0.1, -0.05) is 17.7 Å². The summed E-state index contributed by atoms with van der Waals surface area (Å²) in [5, 5.41) is 0. The van der Waals surface area contributed by atoms with Gasteiger partial charge in [0.25, 0.3) is 5.92 Å². The SMILES string of the molecule is Cc1ccc(S(=O)(=O)N2CCC(F)(F)CC2)cc1. The lowest BCUT2D eigenvalue weighted by Crippen LogP contribution is -2.42. The van der Waals surface area contributed by atoms with Crippen LogP contribution in [0.15, 0.2) is 29.2 Å². The Bertz CT molecular complexity index is 516. The molecule has 1 saturated heterocycles. The predicted molar refractivity (Wildman–Crippen MR) is 64.1 cm³/mol. The number of nitrogens with zero attached hydrogens (tertiary/aromatic N) is 1. The smallest absolute Gasteiger partial charge is 0.207 e. The monoisotopic (exact) mass is 275 g/mol. The molecule has 3 nitrogen and oxygen atoms in total. The second kappa shape index (κ2) is 4.59. The summed E-state index contributed by atoms with van der Waals surface area (Å²) >= 11 is 0. The third-order valence-electron chi connectivity index (χ3n) is 3.11. The Morgan fingerprint density at radius 3 is 2.11 bits per heavy atom. The molecule has 0 aromatic heterocycles. The topological polar surface area (TPSA) is 37.4 Å². The molecule has 100 valence electrons. The minimum Gasteiger partial charge on any atom is -0.207 e. The molecule has 1 fully saturated rings. The van der Waals surface area contributed by atoms with E-state index in [4.69, 9.17) is 0 Å². The van der Waals surface area contributed by atoms with Crippen molar-refractivity contribution in [1.29, 1.82) is 0 Å². The highest BCUT2D eigenvalue weighted by Gasteiger charge is 2.38. The Morgan fingerprint density at radius 1 is 1.11 bits per heavy atom. The molecule has 0 saturated carbocycles. The van der Waals surface area contributed by atoms with E-state index < -0.39 is 28.8 Å².